The normalized spacial score (nSPS) is 11.2. The van der Waals surface area contributed by atoms with E-state index in [9.17, 15) is 10.5 Å². The van der Waals surface area contributed by atoms with Crippen molar-refractivity contribution in [2.45, 2.75) is 0 Å². The first kappa shape index (κ1) is 40.0. The van der Waals surface area contributed by atoms with Crippen molar-refractivity contribution >= 4 is 10.8 Å². The van der Waals surface area contributed by atoms with Crippen LogP contribution in [0.25, 0.3) is 123 Å². The van der Waals surface area contributed by atoms with Crippen LogP contribution in [-0.2, 0) is 0 Å². The van der Waals surface area contributed by atoms with Gasteiger partial charge in [-0.1, -0.05) is 200 Å². The van der Waals surface area contributed by atoms with Gasteiger partial charge in [0.2, 0.25) is 0 Å². The molecule has 1 aliphatic carbocycles. The Bertz CT molecular complexity index is 3840. The van der Waals surface area contributed by atoms with Gasteiger partial charge in [-0.15, -0.1) is 0 Å². The van der Waals surface area contributed by atoms with Gasteiger partial charge in [0, 0.05) is 27.8 Å². The molecule has 0 saturated heterocycles. The number of hydrogen-bond acceptors (Lipinski definition) is 5. The highest BCUT2D eigenvalue weighted by Crippen LogP contribution is 2.51. The molecule has 0 N–H and O–H groups in total. The maximum Gasteiger partial charge on any atom is 0.164 e. The minimum Gasteiger partial charge on any atom is -0.208 e. The maximum absolute atomic E-state index is 10.8. The summed E-state index contributed by atoms with van der Waals surface area (Å²) in [5.41, 5.74) is 19.2. The summed E-state index contributed by atoms with van der Waals surface area (Å²) in [7, 11) is 0. The van der Waals surface area contributed by atoms with Gasteiger partial charge < -0.3 is 0 Å². The molecule has 0 atom stereocenters. The fourth-order valence-electron chi connectivity index (χ4n) is 9.65. The standard InChI is InChI=1S/C63H37N5/c64-38-40-22-24-41(25-23-40)49-14-7-16-51(37-49)63-67-61(46-10-2-1-3-11-46)66-62(68-63)47-32-30-43(31-33-47)52-19-9-20-53(58(52)39-65)50-15-6-13-48(36-50)42-26-28-44(29-27-42)54-35-34-45-12-8-21-56-55-17-4-5-18-57(55)60(54)59(45)56/h1-37H. The SMILES string of the molecule is N#Cc1ccc(-c2cccc(-c3nc(-c4ccccc4)nc(-c4ccc(-c5cccc(-c6cccc(-c7ccc(-c8ccc9cccc%10c9c8-c8ccccc8-%10)cc7)c6)c5C#N)cc4)n3)c2)cc1. The molecule has 10 aromatic carbocycles. The highest BCUT2D eigenvalue weighted by Gasteiger charge is 2.24. The second-order valence-corrected chi connectivity index (χ2v) is 17.0. The summed E-state index contributed by atoms with van der Waals surface area (Å²) in [4.78, 5) is 14.9. The number of benzene rings is 10. The number of fused-ring (bicyclic) bond motifs is 3. The third-order valence-corrected chi connectivity index (χ3v) is 13.0. The van der Waals surface area contributed by atoms with Crippen LogP contribution in [-0.4, -0.2) is 15.0 Å². The first-order chi connectivity index (χ1) is 33.6. The molecule has 5 nitrogen and oxygen atoms in total. The molecule has 0 saturated carbocycles. The molecule has 68 heavy (non-hydrogen) atoms. The van der Waals surface area contributed by atoms with E-state index in [1.807, 2.05) is 115 Å². The molecule has 0 spiro atoms. The lowest BCUT2D eigenvalue weighted by molar-refractivity contribution is 1.07. The van der Waals surface area contributed by atoms with Gasteiger partial charge in [-0.25, -0.2) is 15.0 Å². The number of nitrogens with zero attached hydrogens (tertiary/aromatic N) is 5. The topological polar surface area (TPSA) is 86.2 Å². The Morgan fingerprint density at radius 1 is 0.279 bits per heavy atom. The van der Waals surface area contributed by atoms with Crippen molar-refractivity contribution in [2.75, 3.05) is 0 Å². The van der Waals surface area contributed by atoms with Crippen LogP contribution < -0.4 is 0 Å². The molecule has 5 heteroatoms. The van der Waals surface area contributed by atoms with Crippen molar-refractivity contribution in [1.29, 1.82) is 10.5 Å². The van der Waals surface area contributed by atoms with Gasteiger partial charge in [-0.05, 0) is 102 Å². The average Bonchev–Trinajstić information content (AvgIpc) is 3.76. The average molecular weight is 864 g/mol. The Kier molecular flexibility index (Phi) is 9.87. The van der Waals surface area contributed by atoms with Gasteiger partial charge in [0.1, 0.15) is 6.07 Å². The molecule has 0 bridgehead atoms. The van der Waals surface area contributed by atoms with Crippen molar-refractivity contribution in [2.24, 2.45) is 0 Å². The van der Waals surface area contributed by atoms with E-state index in [0.29, 0.717) is 28.6 Å². The summed E-state index contributed by atoms with van der Waals surface area (Å²) in [6.07, 6.45) is 0. The lowest BCUT2D eigenvalue weighted by Crippen LogP contribution is -2.00. The van der Waals surface area contributed by atoms with Gasteiger partial charge in [0.25, 0.3) is 0 Å². The van der Waals surface area contributed by atoms with Gasteiger partial charge in [0.15, 0.2) is 17.5 Å². The lowest BCUT2D eigenvalue weighted by Gasteiger charge is -2.13. The summed E-state index contributed by atoms with van der Waals surface area (Å²) < 4.78 is 0. The highest BCUT2D eigenvalue weighted by atomic mass is 15.0. The number of nitriles is 2. The van der Waals surface area contributed by atoms with Crippen molar-refractivity contribution in [3.63, 3.8) is 0 Å². The molecule has 314 valence electrons. The quantitative estimate of drug-likeness (QED) is 0.152. The van der Waals surface area contributed by atoms with Crippen LogP contribution in [0.15, 0.2) is 224 Å². The minimum atomic E-state index is 0.541. The van der Waals surface area contributed by atoms with Crippen LogP contribution in [0, 0.1) is 22.7 Å². The predicted molar refractivity (Wildman–Crippen MR) is 275 cm³/mol. The summed E-state index contributed by atoms with van der Waals surface area (Å²) in [5.74, 6) is 1.66. The van der Waals surface area contributed by atoms with Crippen molar-refractivity contribution in [3.8, 4) is 124 Å². The molecule has 0 fully saturated rings. The van der Waals surface area contributed by atoms with E-state index in [2.05, 4.69) is 121 Å². The Morgan fingerprint density at radius 2 is 0.735 bits per heavy atom. The minimum absolute atomic E-state index is 0.541. The molecule has 12 rings (SSSR count). The number of rotatable bonds is 8. The molecule has 0 unspecified atom stereocenters. The molecule has 0 amide bonds. The van der Waals surface area contributed by atoms with E-state index in [4.69, 9.17) is 15.0 Å². The van der Waals surface area contributed by atoms with E-state index in [1.54, 1.807) is 0 Å². The van der Waals surface area contributed by atoms with E-state index in [0.717, 1.165) is 61.2 Å². The van der Waals surface area contributed by atoms with Crippen LogP contribution in [0.3, 0.4) is 0 Å². The zero-order chi connectivity index (χ0) is 45.6. The second kappa shape index (κ2) is 16.8. The summed E-state index contributed by atoms with van der Waals surface area (Å²) >= 11 is 0. The van der Waals surface area contributed by atoms with E-state index >= 15 is 0 Å². The molecule has 1 heterocycles. The van der Waals surface area contributed by atoms with E-state index < -0.39 is 0 Å². The Labute approximate surface area is 394 Å². The third-order valence-electron chi connectivity index (χ3n) is 13.0. The summed E-state index contributed by atoms with van der Waals surface area (Å²) in [6, 6.07) is 81.6. The van der Waals surface area contributed by atoms with Gasteiger partial charge in [-0.2, -0.15) is 10.5 Å². The Morgan fingerprint density at radius 3 is 1.41 bits per heavy atom. The first-order valence-corrected chi connectivity index (χ1v) is 22.5. The number of aromatic nitrogens is 3. The smallest absolute Gasteiger partial charge is 0.164 e. The molecular weight excluding hydrogens is 827 g/mol. The second-order valence-electron chi connectivity index (χ2n) is 17.0. The van der Waals surface area contributed by atoms with Crippen molar-refractivity contribution in [3.05, 3.63) is 236 Å². The molecule has 0 aliphatic heterocycles. The van der Waals surface area contributed by atoms with Gasteiger partial charge in [0.05, 0.1) is 17.2 Å². The maximum atomic E-state index is 10.8. The molecule has 1 aromatic heterocycles. The first-order valence-electron chi connectivity index (χ1n) is 22.5. The fraction of sp³-hybridized carbons (Fsp3) is 0. The van der Waals surface area contributed by atoms with Gasteiger partial charge >= 0.3 is 0 Å². The molecular formula is C63H37N5. The third kappa shape index (κ3) is 7.09. The van der Waals surface area contributed by atoms with Crippen molar-refractivity contribution in [1.82, 2.24) is 15.0 Å². The lowest BCUT2D eigenvalue weighted by atomic mass is 9.90. The van der Waals surface area contributed by atoms with Crippen LogP contribution in [0.2, 0.25) is 0 Å². The highest BCUT2D eigenvalue weighted by molar-refractivity contribution is 6.19. The Balaban J connectivity index is 0.853. The van der Waals surface area contributed by atoms with E-state index in [1.165, 1.54) is 44.2 Å². The van der Waals surface area contributed by atoms with Crippen molar-refractivity contribution < 1.29 is 0 Å². The van der Waals surface area contributed by atoms with Crippen LogP contribution >= 0.6 is 0 Å². The zero-order valence-electron chi connectivity index (χ0n) is 36.6. The monoisotopic (exact) mass is 863 g/mol. The van der Waals surface area contributed by atoms with E-state index in [-0.39, 0.29) is 0 Å². The largest absolute Gasteiger partial charge is 0.208 e. The zero-order valence-corrected chi connectivity index (χ0v) is 36.6. The predicted octanol–water partition coefficient (Wildman–Crippen LogP) is 15.8. The Hall–Kier alpha value is -9.55. The molecule has 0 radical (unpaired) electrons. The fourth-order valence-corrected chi connectivity index (χ4v) is 9.65. The van der Waals surface area contributed by atoms with Crippen LogP contribution in [0.4, 0.5) is 0 Å². The van der Waals surface area contributed by atoms with Crippen LogP contribution in [0.1, 0.15) is 11.1 Å². The molecule has 11 aromatic rings. The summed E-state index contributed by atoms with van der Waals surface area (Å²) in [6.45, 7) is 0. The summed E-state index contributed by atoms with van der Waals surface area (Å²) in [5, 5.41) is 22.7. The number of hydrogen-bond donors (Lipinski definition) is 0. The van der Waals surface area contributed by atoms with Crippen LogP contribution in [0.5, 0.6) is 0 Å². The molecule has 1 aliphatic rings. The van der Waals surface area contributed by atoms with Gasteiger partial charge in [-0.3, -0.25) is 0 Å².